The van der Waals surface area contributed by atoms with E-state index < -0.39 is 0 Å². The zero-order valence-corrected chi connectivity index (χ0v) is 12.8. The van der Waals surface area contributed by atoms with Gasteiger partial charge in [0.1, 0.15) is 5.75 Å². The molecule has 3 heteroatoms. The molecule has 0 spiro atoms. The lowest BCUT2D eigenvalue weighted by Gasteiger charge is -2.25. The average molecular weight is 265 g/mol. The highest BCUT2D eigenvalue weighted by Gasteiger charge is 2.16. The largest absolute Gasteiger partial charge is 0.494 e. The number of benzene rings is 1. The molecule has 0 radical (unpaired) electrons. The maximum atomic E-state index is 9.21. The van der Waals surface area contributed by atoms with Crippen molar-refractivity contribution in [2.24, 2.45) is 0 Å². The molecule has 0 heterocycles. The molecular weight excluding hydrogens is 238 g/mol. The summed E-state index contributed by atoms with van der Waals surface area (Å²) in [4.78, 5) is 2.15. The molecule has 3 nitrogen and oxygen atoms in total. The second-order valence-electron chi connectivity index (χ2n) is 5.38. The Morgan fingerprint density at radius 2 is 1.95 bits per heavy atom. The van der Waals surface area contributed by atoms with Gasteiger partial charge in [-0.3, -0.25) is 0 Å². The summed E-state index contributed by atoms with van der Waals surface area (Å²) < 4.78 is 5.69. The highest BCUT2D eigenvalue weighted by atomic mass is 16.5. The normalized spacial score (nSPS) is 13.1. The third kappa shape index (κ3) is 4.22. The number of nitrogens with zero attached hydrogens (tertiary/aromatic N) is 1. The first-order chi connectivity index (χ1) is 9.01. The molecular formula is C16H27NO2. The summed E-state index contributed by atoms with van der Waals surface area (Å²) in [7, 11) is 4.09. The zero-order chi connectivity index (χ0) is 14.4. The van der Waals surface area contributed by atoms with Gasteiger partial charge in [-0.1, -0.05) is 26.0 Å². The fourth-order valence-corrected chi connectivity index (χ4v) is 2.36. The van der Waals surface area contributed by atoms with Crippen LogP contribution in [0.5, 0.6) is 5.75 Å². The van der Waals surface area contributed by atoms with Gasteiger partial charge >= 0.3 is 0 Å². The van der Waals surface area contributed by atoms with Gasteiger partial charge in [-0.25, -0.2) is 0 Å². The molecule has 0 saturated carbocycles. The van der Waals surface area contributed by atoms with E-state index in [1.54, 1.807) is 0 Å². The van der Waals surface area contributed by atoms with Crippen LogP contribution in [0.2, 0.25) is 0 Å². The van der Waals surface area contributed by atoms with Gasteiger partial charge in [-0.2, -0.15) is 0 Å². The van der Waals surface area contributed by atoms with Gasteiger partial charge in [0.2, 0.25) is 0 Å². The summed E-state index contributed by atoms with van der Waals surface area (Å²) >= 11 is 0. The third-order valence-corrected chi connectivity index (χ3v) is 3.37. The van der Waals surface area contributed by atoms with E-state index in [2.05, 4.69) is 36.9 Å². The Kier molecular flexibility index (Phi) is 6.32. The Bertz CT molecular complexity index is 388. The third-order valence-electron chi connectivity index (χ3n) is 3.37. The van der Waals surface area contributed by atoms with E-state index in [0.717, 1.165) is 12.2 Å². The molecule has 0 bridgehead atoms. The summed E-state index contributed by atoms with van der Waals surface area (Å²) in [6.45, 7) is 7.25. The smallest absolute Gasteiger partial charge is 0.122 e. The quantitative estimate of drug-likeness (QED) is 0.822. The minimum atomic E-state index is 0.201. The minimum Gasteiger partial charge on any atom is -0.494 e. The summed E-state index contributed by atoms with van der Waals surface area (Å²) in [6.07, 6.45) is 0.749. The second kappa shape index (κ2) is 7.51. The van der Waals surface area contributed by atoms with E-state index >= 15 is 0 Å². The molecule has 19 heavy (non-hydrogen) atoms. The molecule has 0 aromatic heterocycles. The molecule has 1 atom stereocenters. The molecule has 0 aliphatic heterocycles. The average Bonchev–Trinajstić information content (AvgIpc) is 2.36. The van der Waals surface area contributed by atoms with Crippen molar-refractivity contribution in [3.8, 4) is 5.75 Å². The van der Waals surface area contributed by atoms with Crippen LogP contribution >= 0.6 is 0 Å². The predicted octanol–water partition coefficient (Wildman–Crippen LogP) is 3.19. The van der Waals surface area contributed by atoms with Crippen molar-refractivity contribution in [2.45, 2.75) is 39.2 Å². The van der Waals surface area contributed by atoms with E-state index in [0.29, 0.717) is 12.5 Å². The molecule has 1 N–H and O–H groups in total. The van der Waals surface area contributed by atoms with Gasteiger partial charge in [0.15, 0.2) is 0 Å². The van der Waals surface area contributed by atoms with E-state index in [-0.39, 0.29) is 12.6 Å². The van der Waals surface area contributed by atoms with Crippen LogP contribution in [0.3, 0.4) is 0 Å². The maximum absolute atomic E-state index is 9.21. The zero-order valence-electron chi connectivity index (χ0n) is 12.8. The van der Waals surface area contributed by atoms with Crippen molar-refractivity contribution in [1.29, 1.82) is 0 Å². The molecule has 1 aromatic carbocycles. The SMILES string of the molecule is CCOc1ccc(C(CCO)N(C)C)cc1C(C)C. The Labute approximate surface area is 117 Å². The van der Waals surface area contributed by atoms with Crippen LogP contribution in [0.25, 0.3) is 0 Å². The maximum Gasteiger partial charge on any atom is 0.122 e. The minimum absolute atomic E-state index is 0.201. The summed E-state index contributed by atoms with van der Waals surface area (Å²) in [5.41, 5.74) is 2.48. The fraction of sp³-hybridized carbons (Fsp3) is 0.625. The lowest BCUT2D eigenvalue weighted by atomic mass is 9.95. The number of ether oxygens (including phenoxy) is 1. The van der Waals surface area contributed by atoms with Crippen LogP contribution in [0, 0.1) is 0 Å². The molecule has 1 rings (SSSR count). The highest BCUT2D eigenvalue weighted by molar-refractivity contribution is 5.40. The van der Waals surface area contributed by atoms with Crippen LogP contribution in [-0.2, 0) is 0 Å². The summed E-state index contributed by atoms with van der Waals surface area (Å²) in [5.74, 6) is 1.40. The summed E-state index contributed by atoms with van der Waals surface area (Å²) in [5, 5.41) is 9.21. The monoisotopic (exact) mass is 265 g/mol. The van der Waals surface area contributed by atoms with Crippen molar-refractivity contribution < 1.29 is 9.84 Å². The molecule has 1 unspecified atom stereocenters. The number of rotatable bonds is 7. The van der Waals surface area contributed by atoms with Crippen molar-refractivity contribution >= 4 is 0 Å². The molecule has 0 fully saturated rings. The van der Waals surface area contributed by atoms with Crippen LogP contribution in [0.4, 0.5) is 0 Å². The van der Waals surface area contributed by atoms with Gasteiger partial charge in [-0.15, -0.1) is 0 Å². The van der Waals surface area contributed by atoms with Crippen LogP contribution < -0.4 is 4.74 Å². The van der Waals surface area contributed by atoms with Gasteiger partial charge in [-0.05, 0) is 50.6 Å². The Hall–Kier alpha value is -1.06. The van der Waals surface area contributed by atoms with E-state index in [1.165, 1.54) is 11.1 Å². The van der Waals surface area contributed by atoms with E-state index in [1.807, 2.05) is 21.0 Å². The molecule has 0 aliphatic rings. The first-order valence-electron chi connectivity index (χ1n) is 7.05. The van der Waals surface area contributed by atoms with E-state index in [9.17, 15) is 5.11 Å². The van der Waals surface area contributed by atoms with E-state index in [4.69, 9.17) is 4.74 Å². The number of hydrogen-bond acceptors (Lipinski definition) is 3. The summed E-state index contributed by atoms with van der Waals surface area (Å²) in [6, 6.07) is 6.63. The Balaban J connectivity index is 3.11. The number of hydrogen-bond donors (Lipinski definition) is 1. The number of aliphatic hydroxyl groups is 1. The van der Waals surface area contributed by atoms with Crippen molar-refractivity contribution in [2.75, 3.05) is 27.3 Å². The number of aliphatic hydroxyl groups excluding tert-OH is 1. The lowest BCUT2D eigenvalue weighted by Crippen LogP contribution is -2.21. The van der Waals surface area contributed by atoms with Crippen molar-refractivity contribution in [3.63, 3.8) is 0 Å². The Morgan fingerprint density at radius 3 is 2.42 bits per heavy atom. The second-order valence-corrected chi connectivity index (χ2v) is 5.38. The molecule has 0 aliphatic carbocycles. The molecule has 0 saturated heterocycles. The van der Waals surface area contributed by atoms with Crippen molar-refractivity contribution in [1.82, 2.24) is 4.90 Å². The van der Waals surface area contributed by atoms with Gasteiger partial charge in [0.05, 0.1) is 6.61 Å². The van der Waals surface area contributed by atoms with Crippen LogP contribution in [0.15, 0.2) is 18.2 Å². The lowest BCUT2D eigenvalue weighted by molar-refractivity contribution is 0.210. The first-order valence-corrected chi connectivity index (χ1v) is 7.05. The standard InChI is InChI=1S/C16H27NO2/c1-6-19-16-8-7-13(11-14(16)12(2)3)15(9-10-18)17(4)5/h7-8,11-12,15,18H,6,9-10H2,1-5H3. The van der Waals surface area contributed by atoms with Gasteiger partial charge in [0, 0.05) is 12.6 Å². The van der Waals surface area contributed by atoms with Crippen LogP contribution in [-0.4, -0.2) is 37.3 Å². The van der Waals surface area contributed by atoms with Gasteiger partial charge in [0.25, 0.3) is 0 Å². The van der Waals surface area contributed by atoms with Crippen LogP contribution in [0.1, 0.15) is 50.3 Å². The fourth-order valence-electron chi connectivity index (χ4n) is 2.36. The topological polar surface area (TPSA) is 32.7 Å². The Morgan fingerprint density at radius 1 is 1.26 bits per heavy atom. The highest BCUT2D eigenvalue weighted by Crippen LogP contribution is 2.31. The molecule has 1 aromatic rings. The van der Waals surface area contributed by atoms with Crippen molar-refractivity contribution in [3.05, 3.63) is 29.3 Å². The molecule has 0 amide bonds. The first kappa shape index (κ1) is 16.0. The van der Waals surface area contributed by atoms with Gasteiger partial charge < -0.3 is 14.7 Å². The predicted molar refractivity (Wildman–Crippen MR) is 79.8 cm³/mol. The molecule has 108 valence electrons.